The number of hydrogen-bond donors (Lipinski definition) is 3. The zero-order chi connectivity index (χ0) is 26.8. The van der Waals surface area contributed by atoms with Crippen molar-refractivity contribution in [1.82, 2.24) is 4.98 Å². The number of aliphatic hydroxyl groups excluding tert-OH is 3. The zero-order valence-electron chi connectivity index (χ0n) is 21.6. The Hall–Kier alpha value is -2.75. The van der Waals surface area contributed by atoms with E-state index in [1.54, 1.807) is 44.4 Å². The van der Waals surface area contributed by atoms with Crippen LogP contribution in [0.2, 0.25) is 0 Å². The summed E-state index contributed by atoms with van der Waals surface area (Å²) in [5.41, 5.74) is -2.80. The van der Waals surface area contributed by atoms with Gasteiger partial charge in [-0.1, -0.05) is 20.8 Å². The standard InChI is InChI=1S/C28H35NO8/c1-5-21(32)35-14-27(3)18-12-20(31)28(4)24(26(18,2)9-8-19(27)30)23(33)22-17(37-28)11-16(36-25(22)34)15-7-6-10-29-13-15/h6-7,10-11,13,18-20,23-24,30-31,33H,5,8-9,12,14H2,1-4H3/t18-,19+,20+,23+,24-,26+,27+,28-/m1/s1. The molecule has 2 aromatic rings. The number of carbonyl (C=O) groups is 1. The Morgan fingerprint density at radius 3 is 2.65 bits per heavy atom. The van der Waals surface area contributed by atoms with Gasteiger partial charge < -0.3 is 29.2 Å². The monoisotopic (exact) mass is 513 g/mol. The summed E-state index contributed by atoms with van der Waals surface area (Å²) < 4.78 is 17.5. The largest absolute Gasteiger partial charge is 0.484 e. The topological polar surface area (TPSA) is 139 Å². The summed E-state index contributed by atoms with van der Waals surface area (Å²) in [6.07, 6.45) is 1.59. The van der Waals surface area contributed by atoms with E-state index in [0.29, 0.717) is 18.4 Å². The first kappa shape index (κ1) is 25.9. The number of fused-ring (bicyclic) bond motifs is 4. The number of hydrogen-bond acceptors (Lipinski definition) is 9. The van der Waals surface area contributed by atoms with Crippen molar-refractivity contribution in [3.63, 3.8) is 0 Å². The van der Waals surface area contributed by atoms with Crippen LogP contribution in [0.5, 0.6) is 5.75 Å². The minimum atomic E-state index is -1.27. The normalized spacial score (nSPS) is 38.5. The first-order valence-corrected chi connectivity index (χ1v) is 12.9. The average molecular weight is 514 g/mol. The van der Waals surface area contributed by atoms with Crippen molar-refractivity contribution in [2.45, 2.75) is 77.3 Å². The van der Waals surface area contributed by atoms with Crippen LogP contribution in [0.3, 0.4) is 0 Å². The predicted molar refractivity (Wildman–Crippen MR) is 133 cm³/mol. The molecule has 9 heteroatoms. The van der Waals surface area contributed by atoms with Gasteiger partial charge in [-0.25, -0.2) is 4.79 Å². The molecule has 0 saturated heterocycles. The van der Waals surface area contributed by atoms with Gasteiger partial charge in [-0.3, -0.25) is 9.78 Å². The van der Waals surface area contributed by atoms with Crippen molar-refractivity contribution in [3.8, 4) is 17.1 Å². The third kappa shape index (κ3) is 3.82. The highest BCUT2D eigenvalue weighted by molar-refractivity contribution is 5.68. The predicted octanol–water partition coefficient (Wildman–Crippen LogP) is 3.00. The molecule has 0 aromatic carbocycles. The number of aliphatic hydroxyl groups is 3. The van der Waals surface area contributed by atoms with Crippen LogP contribution in [-0.4, -0.2) is 50.7 Å². The molecule has 3 heterocycles. The lowest BCUT2D eigenvalue weighted by Gasteiger charge is -2.66. The first-order chi connectivity index (χ1) is 17.5. The molecular weight excluding hydrogens is 478 g/mol. The van der Waals surface area contributed by atoms with Crippen molar-refractivity contribution in [2.24, 2.45) is 22.7 Å². The van der Waals surface area contributed by atoms with Crippen molar-refractivity contribution in [3.05, 3.63) is 46.6 Å². The maximum atomic E-state index is 13.2. The molecule has 2 fully saturated rings. The molecule has 2 aromatic heterocycles. The van der Waals surface area contributed by atoms with Gasteiger partial charge in [-0.2, -0.15) is 0 Å². The number of esters is 1. The number of nitrogens with zero attached hydrogens (tertiary/aromatic N) is 1. The lowest BCUT2D eigenvalue weighted by Crippen LogP contribution is -2.70. The number of carbonyl (C=O) groups excluding carboxylic acids is 1. The van der Waals surface area contributed by atoms with Gasteiger partial charge in [-0.05, 0) is 49.7 Å². The fourth-order valence-corrected chi connectivity index (χ4v) is 7.39. The highest BCUT2D eigenvalue weighted by atomic mass is 16.5. The van der Waals surface area contributed by atoms with E-state index in [4.69, 9.17) is 13.9 Å². The van der Waals surface area contributed by atoms with Gasteiger partial charge in [0.2, 0.25) is 0 Å². The fraction of sp³-hybridized carbons (Fsp3) is 0.607. The maximum Gasteiger partial charge on any atom is 0.345 e. The van der Waals surface area contributed by atoms with Crippen molar-refractivity contribution in [1.29, 1.82) is 0 Å². The van der Waals surface area contributed by atoms with Crippen LogP contribution < -0.4 is 10.4 Å². The minimum absolute atomic E-state index is 0.00139. The molecule has 2 saturated carbocycles. The Kier molecular flexibility index (Phi) is 6.24. The summed E-state index contributed by atoms with van der Waals surface area (Å²) >= 11 is 0. The molecule has 3 aliphatic rings. The van der Waals surface area contributed by atoms with E-state index in [1.807, 2.05) is 13.8 Å². The van der Waals surface area contributed by atoms with Crippen LogP contribution >= 0.6 is 0 Å². The van der Waals surface area contributed by atoms with E-state index in [2.05, 4.69) is 4.98 Å². The second-order valence-corrected chi connectivity index (χ2v) is 11.5. The molecule has 0 amide bonds. The molecular formula is C28H35NO8. The van der Waals surface area contributed by atoms with E-state index >= 15 is 0 Å². The Labute approximate surface area is 215 Å². The van der Waals surface area contributed by atoms with Gasteiger partial charge in [0, 0.05) is 41.8 Å². The molecule has 0 radical (unpaired) electrons. The summed E-state index contributed by atoms with van der Waals surface area (Å²) in [4.78, 5) is 29.2. The Morgan fingerprint density at radius 1 is 1.22 bits per heavy atom. The van der Waals surface area contributed by atoms with E-state index in [9.17, 15) is 24.9 Å². The van der Waals surface area contributed by atoms with Crippen LogP contribution in [0.15, 0.2) is 39.8 Å². The molecule has 0 bridgehead atoms. The lowest BCUT2D eigenvalue weighted by atomic mass is 9.42. The third-order valence-corrected chi connectivity index (χ3v) is 9.43. The van der Waals surface area contributed by atoms with Gasteiger partial charge in [0.05, 0.1) is 24.9 Å². The van der Waals surface area contributed by atoms with Crippen molar-refractivity contribution >= 4 is 5.97 Å². The van der Waals surface area contributed by atoms with Crippen LogP contribution in [0.4, 0.5) is 0 Å². The number of aromatic nitrogens is 1. The average Bonchev–Trinajstić information content (AvgIpc) is 2.87. The minimum Gasteiger partial charge on any atom is -0.484 e. The summed E-state index contributed by atoms with van der Waals surface area (Å²) in [6, 6.07) is 5.04. The maximum absolute atomic E-state index is 13.2. The highest BCUT2D eigenvalue weighted by Crippen LogP contribution is 2.66. The van der Waals surface area contributed by atoms with Crippen LogP contribution in [0, 0.1) is 22.7 Å². The Bertz CT molecular complexity index is 1250. The molecule has 8 atom stereocenters. The second-order valence-electron chi connectivity index (χ2n) is 11.5. The summed E-state index contributed by atoms with van der Waals surface area (Å²) in [6.45, 7) is 7.37. The summed E-state index contributed by atoms with van der Waals surface area (Å²) in [7, 11) is 0. The molecule has 9 nitrogen and oxygen atoms in total. The molecule has 2 aliphatic carbocycles. The molecule has 0 unspecified atom stereocenters. The molecule has 5 rings (SSSR count). The van der Waals surface area contributed by atoms with Gasteiger partial charge in [0.1, 0.15) is 22.7 Å². The summed E-state index contributed by atoms with van der Waals surface area (Å²) in [5.74, 6) is -0.923. The van der Waals surface area contributed by atoms with Crippen molar-refractivity contribution < 1.29 is 34.0 Å². The molecule has 37 heavy (non-hydrogen) atoms. The van der Waals surface area contributed by atoms with E-state index < -0.39 is 46.3 Å². The molecule has 1 aliphatic heterocycles. The number of ether oxygens (including phenoxy) is 2. The van der Waals surface area contributed by atoms with Gasteiger partial charge in [-0.15, -0.1) is 0 Å². The zero-order valence-corrected chi connectivity index (χ0v) is 21.6. The van der Waals surface area contributed by atoms with E-state index in [-0.39, 0.29) is 48.4 Å². The summed E-state index contributed by atoms with van der Waals surface area (Å²) in [5, 5.41) is 34.4. The van der Waals surface area contributed by atoms with Gasteiger partial charge in [0.25, 0.3) is 0 Å². The van der Waals surface area contributed by atoms with E-state index in [0.717, 1.165) is 0 Å². The Balaban J connectivity index is 1.59. The van der Waals surface area contributed by atoms with Crippen molar-refractivity contribution in [2.75, 3.05) is 6.61 Å². The quantitative estimate of drug-likeness (QED) is 0.526. The fourth-order valence-electron chi connectivity index (χ4n) is 7.39. The third-order valence-electron chi connectivity index (χ3n) is 9.43. The Morgan fingerprint density at radius 2 is 1.97 bits per heavy atom. The smallest absolute Gasteiger partial charge is 0.345 e. The van der Waals surface area contributed by atoms with Crippen LogP contribution in [0.1, 0.15) is 65.0 Å². The van der Waals surface area contributed by atoms with Gasteiger partial charge >= 0.3 is 11.6 Å². The first-order valence-electron chi connectivity index (χ1n) is 12.9. The highest BCUT2D eigenvalue weighted by Gasteiger charge is 2.69. The SMILES string of the molecule is CCC(=O)OC[C@@]1(C)[C@@H]2C[C@H](O)[C@@]3(C)Oc4cc(-c5cccnc5)oc(=O)c4[C@H](O)[C@@H]3[C@@]2(C)CC[C@@H]1O. The van der Waals surface area contributed by atoms with Crippen LogP contribution in [-0.2, 0) is 9.53 Å². The molecule has 200 valence electrons. The molecule has 3 N–H and O–H groups in total. The number of pyridine rings is 1. The van der Waals surface area contributed by atoms with E-state index in [1.165, 1.54) is 0 Å². The van der Waals surface area contributed by atoms with Crippen LogP contribution in [0.25, 0.3) is 11.3 Å². The number of rotatable bonds is 4. The molecule has 0 spiro atoms. The van der Waals surface area contributed by atoms with Gasteiger partial charge in [0.15, 0.2) is 0 Å². The second kappa shape index (κ2) is 8.92. The lowest BCUT2D eigenvalue weighted by molar-refractivity contribution is -0.265.